The summed E-state index contributed by atoms with van der Waals surface area (Å²) in [5.41, 5.74) is 7.87. The lowest BCUT2D eigenvalue weighted by Gasteiger charge is -2.24. The molecule has 3 aromatic rings. The number of para-hydroxylation sites is 1. The van der Waals surface area contributed by atoms with Crippen molar-refractivity contribution in [1.82, 2.24) is 14.7 Å². The monoisotopic (exact) mass is 374 g/mol. The molecule has 0 radical (unpaired) electrons. The van der Waals surface area contributed by atoms with E-state index in [0.29, 0.717) is 12.2 Å². The van der Waals surface area contributed by atoms with E-state index in [1.165, 1.54) is 16.3 Å². The van der Waals surface area contributed by atoms with E-state index in [2.05, 4.69) is 24.2 Å². The molecule has 1 aliphatic heterocycles. The highest BCUT2D eigenvalue weighted by atomic mass is 16.2. The maximum absolute atomic E-state index is 13.2. The highest BCUT2D eigenvalue weighted by Gasteiger charge is 2.36. The third kappa shape index (κ3) is 3.17. The zero-order valence-corrected chi connectivity index (χ0v) is 15.7. The lowest BCUT2D eigenvalue weighted by Crippen LogP contribution is -2.35. The molecule has 2 atom stereocenters. The Balaban J connectivity index is 1.63. The van der Waals surface area contributed by atoms with Gasteiger partial charge >= 0.3 is 0 Å². The largest absolute Gasteiger partial charge is 0.364 e. The number of hydrogen-bond acceptors (Lipinski definition) is 3. The molecular weight excluding hydrogens is 352 g/mol. The van der Waals surface area contributed by atoms with Crippen LogP contribution in [0.25, 0.3) is 5.69 Å². The van der Waals surface area contributed by atoms with Crippen molar-refractivity contribution >= 4 is 11.8 Å². The highest BCUT2D eigenvalue weighted by molar-refractivity contribution is 5.98. The number of amides is 2. The zero-order valence-electron chi connectivity index (χ0n) is 15.7. The van der Waals surface area contributed by atoms with Crippen LogP contribution >= 0.6 is 0 Å². The van der Waals surface area contributed by atoms with Gasteiger partial charge in [0.25, 0.3) is 11.8 Å². The summed E-state index contributed by atoms with van der Waals surface area (Å²) >= 11 is 0. The number of likely N-dealkylation sites (tertiary alicyclic amines) is 1. The third-order valence-corrected chi connectivity index (χ3v) is 5.43. The number of hydrogen-bond donors (Lipinski definition) is 1. The number of primary amides is 1. The third-order valence-electron chi connectivity index (χ3n) is 5.43. The van der Waals surface area contributed by atoms with Gasteiger partial charge in [0.05, 0.1) is 5.69 Å². The van der Waals surface area contributed by atoms with E-state index in [4.69, 9.17) is 5.73 Å². The van der Waals surface area contributed by atoms with Gasteiger partial charge < -0.3 is 10.6 Å². The molecule has 0 spiro atoms. The standard InChI is InChI=1S/C22H22N4O2/c1-15-18(16-8-4-2-5-9-16)12-13-25(15)22(28)19-14-20(21(23)27)26(24-19)17-10-6-3-7-11-17/h2-11,14-15,18H,12-13H2,1H3,(H2,23,27). The number of nitrogens with zero attached hydrogens (tertiary/aromatic N) is 3. The molecule has 4 rings (SSSR count). The second-order valence-corrected chi connectivity index (χ2v) is 7.07. The van der Waals surface area contributed by atoms with Gasteiger partial charge in [0.1, 0.15) is 5.69 Å². The van der Waals surface area contributed by atoms with Crippen LogP contribution < -0.4 is 5.73 Å². The first kappa shape index (κ1) is 18.0. The second-order valence-electron chi connectivity index (χ2n) is 7.07. The molecule has 2 N–H and O–H groups in total. The van der Waals surface area contributed by atoms with Gasteiger partial charge in [-0.15, -0.1) is 0 Å². The minimum atomic E-state index is -0.618. The summed E-state index contributed by atoms with van der Waals surface area (Å²) in [4.78, 5) is 26.9. The van der Waals surface area contributed by atoms with Crippen molar-refractivity contribution in [2.45, 2.75) is 25.3 Å². The Kier molecular flexibility index (Phi) is 4.69. The van der Waals surface area contributed by atoms with E-state index in [9.17, 15) is 9.59 Å². The van der Waals surface area contributed by atoms with Crippen molar-refractivity contribution in [1.29, 1.82) is 0 Å². The van der Waals surface area contributed by atoms with Crippen LogP contribution in [0.3, 0.4) is 0 Å². The fourth-order valence-corrected chi connectivity index (χ4v) is 3.95. The first-order valence-corrected chi connectivity index (χ1v) is 9.37. The van der Waals surface area contributed by atoms with Crippen molar-refractivity contribution in [3.8, 4) is 5.69 Å². The Morgan fingerprint density at radius 2 is 1.68 bits per heavy atom. The van der Waals surface area contributed by atoms with Gasteiger partial charge in [0.2, 0.25) is 0 Å². The first-order valence-electron chi connectivity index (χ1n) is 9.37. The second kappa shape index (κ2) is 7.31. The quantitative estimate of drug-likeness (QED) is 0.762. The zero-order chi connectivity index (χ0) is 19.7. The lowest BCUT2D eigenvalue weighted by atomic mass is 9.93. The molecule has 1 fully saturated rings. The van der Waals surface area contributed by atoms with Crippen LogP contribution in [0.2, 0.25) is 0 Å². The molecule has 1 saturated heterocycles. The normalized spacial score (nSPS) is 19.0. The lowest BCUT2D eigenvalue weighted by molar-refractivity contribution is 0.0735. The molecule has 2 unspecified atom stereocenters. The van der Waals surface area contributed by atoms with Gasteiger partial charge in [-0.05, 0) is 31.0 Å². The van der Waals surface area contributed by atoms with Crippen LogP contribution in [0.1, 0.15) is 45.8 Å². The average molecular weight is 374 g/mol. The van der Waals surface area contributed by atoms with Crippen LogP contribution in [-0.2, 0) is 0 Å². The number of carbonyl (C=O) groups is 2. The summed E-state index contributed by atoms with van der Waals surface area (Å²) in [7, 11) is 0. The maximum Gasteiger partial charge on any atom is 0.274 e. The molecule has 142 valence electrons. The van der Waals surface area contributed by atoms with Crippen LogP contribution in [0, 0.1) is 0 Å². The summed E-state index contributed by atoms with van der Waals surface area (Å²) in [6.07, 6.45) is 0.902. The summed E-state index contributed by atoms with van der Waals surface area (Å²) in [6, 6.07) is 21.0. The minimum absolute atomic E-state index is 0.0498. The van der Waals surface area contributed by atoms with E-state index >= 15 is 0 Å². The number of carbonyl (C=O) groups excluding carboxylic acids is 2. The number of nitrogens with two attached hydrogens (primary N) is 1. The molecule has 2 aromatic carbocycles. The highest BCUT2D eigenvalue weighted by Crippen LogP contribution is 2.34. The van der Waals surface area contributed by atoms with E-state index in [0.717, 1.165) is 6.42 Å². The van der Waals surface area contributed by atoms with Crippen LogP contribution in [0.4, 0.5) is 0 Å². The molecular formula is C22H22N4O2. The van der Waals surface area contributed by atoms with Gasteiger partial charge in [-0.2, -0.15) is 5.10 Å². The van der Waals surface area contributed by atoms with Crippen molar-refractivity contribution in [2.75, 3.05) is 6.54 Å². The van der Waals surface area contributed by atoms with E-state index in [1.807, 2.05) is 53.4 Å². The molecule has 28 heavy (non-hydrogen) atoms. The predicted octanol–water partition coefficient (Wildman–Crippen LogP) is 2.99. The average Bonchev–Trinajstić information content (AvgIpc) is 3.33. The van der Waals surface area contributed by atoms with Crippen molar-refractivity contribution in [2.24, 2.45) is 5.73 Å². The Bertz CT molecular complexity index is 998. The first-order chi connectivity index (χ1) is 13.6. The smallest absolute Gasteiger partial charge is 0.274 e. The molecule has 2 amide bonds. The number of rotatable bonds is 4. The molecule has 1 aromatic heterocycles. The number of benzene rings is 2. The fourth-order valence-electron chi connectivity index (χ4n) is 3.95. The molecule has 6 heteroatoms. The molecule has 2 heterocycles. The van der Waals surface area contributed by atoms with Crippen molar-refractivity contribution < 1.29 is 9.59 Å². The van der Waals surface area contributed by atoms with Crippen molar-refractivity contribution in [3.05, 3.63) is 83.7 Å². The van der Waals surface area contributed by atoms with Crippen LogP contribution in [0.5, 0.6) is 0 Å². The van der Waals surface area contributed by atoms with Gasteiger partial charge in [0, 0.05) is 24.6 Å². The molecule has 0 saturated carbocycles. The Morgan fingerprint density at radius 3 is 2.32 bits per heavy atom. The fraction of sp³-hybridized carbons (Fsp3) is 0.227. The summed E-state index contributed by atoms with van der Waals surface area (Å²) < 4.78 is 1.44. The molecule has 0 aliphatic carbocycles. The van der Waals surface area contributed by atoms with Gasteiger partial charge in [-0.3, -0.25) is 9.59 Å². The Labute approximate surface area is 163 Å². The van der Waals surface area contributed by atoms with E-state index in [-0.39, 0.29) is 29.3 Å². The predicted molar refractivity (Wildman–Crippen MR) is 106 cm³/mol. The molecule has 0 bridgehead atoms. The van der Waals surface area contributed by atoms with Crippen LogP contribution in [-0.4, -0.2) is 39.1 Å². The summed E-state index contributed by atoms with van der Waals surface area (Å²) in [5.74, 6) is -0.507. The maximum atomic E-state index is 13.2. The molecule has 1 aliphatic rings. The van der Waals surface area contributed by atoms with Gasteiger partial charge in [0.15, 0.2) is 5.69 Å². The van der Waals surface area contributed by atoms with Gasteiger partial charge in [-0.1, -0.05) is 48.5 Å². The summed E-state index contributed by atoms with van der Waals surface area (Å²) in [6.45, 7) is 2.72. The topological polar surface area (TPSA) is 81.2 Å². The van der Waals surface area contributed by atoms with E-state index in [1.54, 1.807) is 0 Å². The van der Waals surface area contributed by atoms with E-state index < -0.39 is 5.91 Å². The SMILES string of the molecule is CC1C(c2ccccc2)CCN1C(=O)c1cc(C(N)=O)n(-c2ccccc2)n1. The minimum Gasteiger partial charge on any atom is -0.364 e. The molecule has 6 nitrogen and oxygen atoms in total. The Morgan fingerprint density at radius 1 is 1.04 bits per heavy atom. The van der Waals surface area contributed by atoms with Crippen LogP contribution in [0.15, 0.2) is 66.7 Å². The Hall–Kier alpha value is -3.41. The van der Waals surface area contributed by atoms with Crippen molar-refractivity contribution in [3.63, 3.8) is 0 Å². The summed E-state index contributed by atoms with van der Waals surface area (Å²) in [5, 5.41) is 4.40. The number of aromatic nitrogens is 2. The van der Waals surface area contributed by atoms with Gasteiger partial charge in [-0.25, -0.2) is 4.68 Å².